The maximum atomic E-state index is 12.7. The van der Waals surface area contributed by atoms with E-state index >= 15 is 0 Å². The molecule has 0 aliphatic heterocycles. The van der Waals surface area contributed by atoms with Crippen molar-refractivity contribution in [1.29, 1.82) is 0 Å². The fourth-order valence-corrected chi connectivity index (χ4v) is 3.24. The Morgan fingerprint density at radius 3 is 2.69 bits per heavy atom. The van der Waals surface area contributed by atoms with E-state index in [1.165, 1.54) is 0 Å². The first-order valence-electron chi connectivity index (χ1n) is 9.53. The summed E-state index contributed by atoms with van der Waals surface area (Å²) in [5, 5.41) is 2.97. The molecule has 29 heavy (non-hydrogen) atoms. The Hall–Kier alpha value is -3.67. The minimum atomic E-state index is -0.127. The fraction of sp³-hybridized carbons (Fsp3) is 0.174. The normalized spacial score (nSPS) is 10.8. The lowest BCUT2D eigenvalue weighted by Crippen LogP contribution is -2.22. The second kappa shape index (κ2) is 8.14. The van der Waals surface area contributed by atoms with E-state index in [0.717, 1.165) is 33.9 Å². The Balaban J connectivity index is 1.50. The van der Waals surface area contributed by atoms with Gasteiger partial charge in [-0.05, 0) is 48.9 Å². The van der Waals surface area contributed by atoms with E-state index in [-0.39, 0.29) is 5.91 Å². The number of pyridine rings is 1. The van der Waals surface area contributed by atoms with Gasteiger partial charge in [0.2, 0.25) is 0 Å². The van der Waals surface area contributed by atoms with E-state index in [0.29, 0.717) is 18.7 Å². The highest BCUT2D eigenvalue weighted by Crippen LogP contribution is 2.23. The maximum absolute atomic E-state index is 12.7. The van der Waals surface area contributed by atoms with Crippen LogP contribution in [0.2, 0.25) is 0 Å². The molecule has 2 aromatic heterocycles. The van der Waals surface area contributed by atoms with E-state index in [1.807, 2.05) is 73.1 Å². The summed E-state index contributed by atoms with van der Waals surface area (Å²) in [5.41, 5.74) is 4.12. The summed E-state index contributed by atoms with van der Waals surface area (Å²) in [6, 6.07) is 19.0. The molecule has 0 unspecified atom stereocenters. The number of ether oxygens (including phenoxy) is 1. The van der Waals surface area contributed by atoms with Crippen molar-refractivity contribution < 1.29 is 9.53 Å². The topological polar surface area (TPSA) is 69.0 Å². The third-order valence-corrected chi connectivity index (χ3v) is 4.70. The molecular formula is C23H22N4O2. The molecule has 1 N–H and O–H groups in total. The lowest BCUT2D eigenvalue weighted by molar-refractivity contribution is 0.0951. The van der Waals surface area contributed by atoms with Crippen LogP contribution >= 0.6 is 0 Å². The second-order valence-corrected chi connectivity index (χ2v) is 6.68. The second-order valence-electron chi connectivity index (χ2n) is 6.68. The number of nitrogens with zero attached hydrogens (tertiary/aromatic N) is 3. The van der Waals surface area contributed by atoms with E-state index in [1.54, 1.807) is 12.3 Å². The van der Waals surface area contributed by atoms with Gasteiger partial charge in [0.15, 0.2) is 5.65 Å². The largest absolute Gasteiger partial charge is 0.494 e. The SMILES string of the molecule is CCOc1ccc(CNC(=O)c2cccc(-c3nc4cccnc4n3C)c2)cc1. The van der Waals surface area contributed by atoms with Crippen LogP contribution in [0.3, 0.4) is 0 Å². The highest BCUT2D eigenvalue weighted by Gasteiger charge is 2.13. The van der Waals surface area contributed by atoms with Crippen LogP contribution < -0.4 is 10.1 Å². The summed E-state index contributed by atoms with van der Waals surface area (Å²) >= 11 is 0. The number of carbonyl (C=O) groups excluding carboxylic acids is 1. The van der Waals surface area contributed by atoms with Crippen LogP contribution in [0.4, 0.5) is 0 Å². The van der Waals surface area contributed by atoms with Gasteiger partial charge in [-0.2, -0.15) is 0 Å². The number of rotatable bonds is 6. The van der Waals surface area contributed by atoms with Gasteiger partial charge in [-0.3, -0.25) is 4.79 Å². The van der Waals surface area contributed by atoms with Gasteiger partial charge in [0.25, 0.3) is 5.91 Å². The van der Waals surface area contributed by atoms with Crippen molar-refractivity contribution in [3.63, 3.8) is 0 Å². The lowest BCUT2D eigenvalue weighted by Gasteiger charge is -2.08. The van der Waals surface area contributed by atoms with E-state index in [4.69, 9.17) is 4.74 Å². The number of amides is 1. The molecule has 0 atom stereocenters. The molecule has 146 valence electrons. The van der Waals surface area contributed by atoms with Crippen LogP contribution in [0, 0.1) is 0 Å². The summed E-state index contributed by atoms with van der Waals surface area (Å²) < 4.78 is 7.38. The standard InChI is InChI=1S/C23H22N4O2/c1-3-29-19-11-9-16(10-12-19)15-25-23(28)18-7-4-6-17(14-18)21-26-20-8-5-13-24-22(20)27(21)2/h4-14H,3,15H2,1-2H3,(H,25,28). The zero-order valence-corrected chi connectivity index (χ0v) is 16.4. The summed E-state index contributed by atoms with van der Waals surface area (Å²) in [7, 11) is 1.93. The van der Waals surface area contributed by atoms with Crippen LogP contribution in [0.1, 0.15) is 22.8 Å². The summed E-state index contributed by atoms with van der Waals surface area (Å²) in [5.74, 6) is 1.48. The van der Waals surface area contributed by atoms with Gasteiger partial charge in [0.05, 0.1) is 6.61 Å². The Labute approximate surface area is 169 Å². The van der Waals surface area contributed by atoms with Crippen molar-refractivity contribution in [2.45, 2.75) is 13.5 Å². The molecule has 6 heteroatoms. The van der Waals surface area contributed by atoms with Crippen LogP contribution in [-0.2, 0) is 13.6 Å². The Kier molecular flexibility index (Phi) is 5.24. The molecular weight excluding hydrogens is 364 g/mol. The highest BCUT2D eigenvalue weighted by atomic mass is 16.5. The number of hydrogen-bond donors (Lipinski definition) is 1. The highest BCUT2D eigenvalue weighted by molar-refractivity contribution is 5.95. The number of fused-ring (bicyclic) bond motifs is 1. The summed E-state index contributed by atoms with van der Waals surface area (Å²) in [4.78, 5) is 21.7. The number of imidazole rings is 1. The molecule has 0 aliphatic rings. The van der Waals surface area contributed by atoms with Gasteiger partial charge in [0, 0.05) is 30.9 Å². The van der Waals surface area contributed by atoms with Gasteiger partial charge in [-0.15, -0.1) is 0 Å². The number of aryl methyl sites for hydroxylation is 1. The minimum Gasteiger partial charge on any atom is -0.494 e. The Morgan fingerprint density at radius 1 is 1.10 bits per heavy atom. The number of carbonyl (C=O) groups is 1. The van der Waals surface area contributed by atoms with Gasteiger partial charge >= 0.3 is 0 Å². The van der Waals surface area contributed by atoms with Crippen molar-refractivity contribution >= 4 is 17.1 Å². The maximum Gasteiger partial charge on any atom is 0.251 e. The molecule has 0 saturated carbocycles. The van der Waals surface area contributed by atoms with E-state index < -0.39 is 0 Å². The zero-order valence-electron chi connectivity index (χ0n) is 16.4. The summed E-state index contributed by atoms with van der Waals surface area (Å²) in [6.45, 7) is 3.03. The van der Waals surface area contributed by atoms with Crippen molar-refractivity contribution in [2.24, 2.45) is 7.05 Å². The number of aromatic nitrogens is 3. The summed E-state index contributed by atoms with van der Waals surface area (Å²) in [6.07, 6.45) is 1.75. The molecule has 0 fully saturated rings. The van der Waals surface area contributed by atoms with Gasteiger partial charge in [0.1, 0.15) is 17.1 Å². The predicted octanol–water partition coefficient (Wildman–Crippen LogP) is 3.96. The van der Waals surface area contributed by atoms with Gasteiger partial charge < -0.3 is 14.6 Å². The van der Waals surface area contributed by atoms with Crippen LogP contribution in [0.5, 0.6) is 5.75 Å². The molecule has 0 aliphatic carbocycles. The lowest BCUT2D eigenvalue weighted by atomic mass is 10.1. The average Bonchev–Trinajstić information content (AvgIpc) is 3.10. The first kappa shape index (κ1) is 18.7. The average molecular weight is 386 g/mol. The van der Waals surface area contributed by atoms with E-state index in [2.05, 4.69) is 15.3 Å². The third-order valence-electron chi connectivity index (χ3n) is 4.70. The van der Waals surface area contributed by atoms with Crippen molar-refractivity contribution in [3.05, 3.63) is 78.0 Å². The smallest absolute Gasteiger partial charge is 0.251 e. The predicted molar refractivity (Wildman–Crippen MR) is 113 cm³/mol. The van der Waals surface area contributed by atoms with Gasteiger partial charge in [-0.25, -0.2) is 9.97 Å². The van der Waals surface area contributed by atoms with Crippen LogP contribution in [0.25, 0.3) is 22.6 Å². The first-order chi connectivity index (χ1) is 14.2. The van der Waals surface area contributed by atoms with Crippen molar-refractivity contribution in [2.75, 3.05) is 6.61 Å². The molecule has 0 radical (unpaired) electrons. The Morgan fingerprint density at radius 2 is 1.93 bits per heavy atom. The van der Waals surface area contributed by atoms with E-state index in [9.17, 15) is 4.79 Å². The van der Waals surface area contributed by atoms with Crippen molar-refractivity contribution in [1.82, 2.24) is 19.9 Å². The Bertz CT molecular complexity index is 1150. The quantitative estimate of drug-likeness (QED) is 0.544. The number of nitrogens with one attached hydrogen (secondary N) is 1. The fourth-order valence-electron chi connectivity index (χ4n) is 3.24. The molecule has 0 spiro atoms. The van der Waals surface area contributed by atoms with Crippen LogP contribution in [-0.4, -0.2) is 27.0 Å². The molecule has 1 amide bonds. The third kappa shape index (κ3) is 3.96. The molecule has 2 heterocycles. The molecule has 4 aromatic rings. The monoisotopic (exact) mass is 386 g/mol. The number of hydrogen-bond acceptors (Lipinski definition) is 4. The molecule has 0 saturated heterocycles. The van der Waals surface area contributed by atoms with Gasteiger partial charge in [-0.1, -0.05) is 24.3 Å². The minimum absolute atomic E-state index is 0.127. The van der Waals surface area contributed by atoms with Crippen molar-refractivity contribution in [3.8, 4) is 17.1 Å². The molecule has 0 bridgehead atoms. The molecule has 4 rings (SSSR count). The molecule has 2 aromatic carbocycles. The van der Waals surface area contributed by atoms with Crippen LogP contribution in [0.15, 0.2) is 66.9 Å². The molecule has 6 nitrogen and oxygen atoms in total. The first-order valence-corrected chi connectivity index (χ1v) is 9.53. The zero-order chi connectivity index (χ0) is 20.2. The number of benzene rings is 2.